The zero-order valence-corrected chi connectivity index (χ0v) is 13.3. The lowest BCUT2D eigenvalue weighted by molar-refractivity contribution is 0.1000. The Morgan fingerprint density at radius 3 is 2.67 bits per heavy atom. The van der Waals surface area contributed by atoms with Crippen LogP contribution in [0.25, 0.3) is 11.5 Å². The van der Waals surface area contributed by atoms with Crippen molar-refractivity contribution in [1.29, 1.82) is 0 Å². The number of oxazole rings is 1. The molecule has 0 aliphatic heterocycles. The second-order valence-electron chi connectivity index (χ2n) is 5.36. The van der Waals surface area contributed by atoms with Crippen LogP contribution in [0.15, 0.2) is 53.1 Å². The lowest BCUT2D eigenvalue weighted by atomic mass is 10.2. The van der Waals surface area contributed by atoms with E-state index in [1.54, 1.807) is 12.1 Å². The third-order valence-electron chi connectivity index (χ3n) is 3.63. The normalized spacial score (nSPS) is 10.5. The number of benzene rings is 1. The van der Waals surface area contributed by atoms with Gasteiger partial charge in [0.1, 0.15) is 11.6 Å². The van der Waals surface area contributed by atoms with Crippen molar-refractivity contribution < 1.29 is 9.21 Å². The van der Waals surface area contributed by atoms with Crippen molar-refractivity contribution in [3.05, 3.63) is 65.7 Å². The summed E-state index contributed by atoms with van der Waals surface area (Å²) in [7, 11) is 0. The fraction of sp³-hybridized carbons (Fsp3) is 0.167. The van der Waals surface area contributed by atoms with Crippen LogP contribution in [0.3, 0.4) is 0 Å². The molecule has 0 unspecified atom stereocenters. The lowest BCUT2D eigenvalue weighted by Gasteiger charge is -2.04. The number of hydrogen-bond acceptors (Lipinski definition) is 5. The topological polar surface area (TPSA) is 94.0 Å². The van der Waals surface area contributed by atoms with Gasteiger partial charge >= 0.3 is 0 Å². The van der Waals surface area contributed by atoms with E-state index in [4.69, 9.17) is 10.2 Å². The van der Waals surface area contributed by atoms with E-state index >= 15 is 0 Å². The number of aryl methyl sites for hydroxylation is 1. The Labute approximate surface area is 139 Å². The first-order valence-electron chi connectivity index (χ1n) is 7.65. The Bertz CT molecular complexity index is 826. The molecule has 3 aromatic rings. The van der Waals surface area contributed by atoms with Gasteiger partial charge in [0.05, 0.1) is 11.3 Å². The largest absolute Gasteiger partial charge is 0.441 e. The van der Waals surface area contributed by atoms with E-state index < -0.39 is 5.91 Å². The number of hydrogen-bond donors (Lipinski definition) is 2. The highest BCUT2D eigenvalue weighted by Crippen LogP contribution is 2.21. The monoisotopic (exact) mass is 322 g/mol. The van der Waals surface area contributed by atoms with Gasteiger partial charge in [-0.1, -0.05) is 18.2 Å². The zero-order chi connectivity index (χ0) is 16.9. The Morgan fingerprint density at radius 1 is 1.21 bits per heavy atom. The quantitative estimate of drug-likeness (QED) is 0.728. The highest BCUT2D eigenvalue weighted by Gasteiger charge is 2.11. The molecule has 0 saturated heterocycles. The lowest BCUT2D eigenvalue weighted by Crippen LogP contribution is -2.12. The summed E-state index contributed by atoms with van der Waals surface area (Å²) in [5, 5.41) is 3.19. The van der Waals surface area contributed by atoms with Crippen LogP contribution in [0.4, 0.5) is 5.82 Å². The van der Waals surface area contributed by atoms with E-state index in [0.717, 1.165) is 17.0 Å². The number of rotatable bonds is 6. The highest BCUT2D eigenvalue weighted by molar-refractivity contribution is 5.92. The number of carbonyl (C=O) groups is 1. The minimum absolute atomic E-state index is 0.389. The SMILES string of the molecule is Cc1oc(-c2ccccc2)nc1CCNc1ccc(C(N)=O)cn1. The van der Waals surface area contributed by atoms with Crippen molar-refractivity contribution in [2.75, 3.05) is 11.9 Å². The number of carbonyl (C=O) groups excluding carboxylic acids is 1. The van der Waals surface area contributed by atoms with Gasteiger partial charge in [0, 0.05) is 24.7 Å². The van der Waals surface area contributed by atoms with Crippen LogP contribution < -0.4 is 11.1 Å². The minimum atomic E-state index is -0.485. The van der Waals surface area contributed by atoms with Crippen molar-refractivity contribution >= 4 is 11.7 Å². The summed E-state index contributed by atoms with van der Waals surface area (Å²) < 4.78 is 5.74. The van der Waals surface area contributed by atoms with Crippen molar-refractivity contribution in [1.82, 2.24) is 9.97 Å². The smallest absolute Gasteiger partial charge is 0.250 e. The molecule has 0 atom stereocenters. The van der Waals surface area contributed by atoms with Crippen molar-refractivity contribution in [3.8, 4) is 11.5 Å². The van der Waals surface area contributed by atoms with Gasteiger partial charge in [-0.2, -0.15) is 0 Å². The molecule has 0 aliphatic rings. The number of nitrogens with zero attached hydrogens (tertiary/aromatic N) is 2. The van der Waals surface area contributed by atoms with Crippen LogP contribution in [0.2, 0.25) is 0 Å². The second-order valence-corrected chi connectivity index (χ2v) is 5.36. The first kappa shape index (κ1) is 15.7. The van der Waals surface area contributed by atoms with E-state index in [-0.39, 0.29) is 0 Å². The van der Waals surface area contributed by atoms with E-state index in [1.807, 2.05) is 37.3 Å². The average Bonchev–Trinajstić information content (AvgIpc) is 2.97. The van der Waals surface area contributed by atoms with Gasteiger partial charge in [-0.15, -0.1) is 0 Å². The minimum Gasteiger partial charge on any atom is -0.441 e. The molecule has 2 heterocycles. The number of amides is 1. The van der Waals surface area contributed by atoms with Crippen LogP contribution in [0.5, 0.6) is 0 Å². The summed E-state index contributed by atoms with van der Waals surface area (Å²) >= 11 is 0. The van der Waals surface area contributed by atoms with Crippen molar-refractivity contribution in [2.24, 2.45) is 5.73 Å². The molecule has 6 heteroatoms. The third-order valence-corrected chi connectivity index (χ3v) is 3.63. The predicted octanol–water partition coefficient (Wildman–Crippen LogP) is 2.80. The maximum atomic E-state index is 11.0. The predicted molar refractivity (Wildman–Crippen MR) is 91.6 cm³/mol. The van der Waals surface area contributed by atoms with Crippen LogP contribution in [-0.2, 0) is 6.42 Å². The molecule has 6 nitrogen and oxygen atoms in total. The zero-order valence-electron chi connectivity index (χ0n) is 13.3. The molecule has 122 valence electrons. The first-order chi connectivity index (χ1) is 11.6. The van der Waals surface area contributed by atoms with Gasteiger partial charge in [0.25, 0.3) is 0 Å². The maximum absolute atomic E-state index is 11.0. The van der Waals surface area contributed by atoms with Gasteiger partial charge in [-0.25, -0.2) is 9.97 Å². The number of primary amides is 1. The van der Waals surface area contributed by atoms with Gasteiger partial charge in [0.2, 0.25) is 11.8 Å². The molecule has 3 rings (SSSR count). The van der Waals surface area contributed by atoms with E-state index in [2.05, 4.69) is 15.3 Å². The fourth-order valence-electron chi connectivity index (χ4n) is 2.32. The molecule has 24 heavy (non-hydrogen) atoms. The average molecular weight is 322 g/mol. The number of anilines is 1. The molecule has 2 aromatic heterocycles. The maximum Gasteiger partial charge on any atom is 0.250 e. The Balaban J connectivity index is 1.61. The number of nitrogens with two attached hydrogens (primary N) is 1. The number of aromatic nitrogens is 2. The molecule has 0 bridgehead atoms. The Morgan fingerprint density at radius 2 is 2.00 bits per heavy atom. The van der Waals surface area contributed by atoms with Crippen LogP contribution in [-0.4, -0.2) is 22.4 Å². The standard InChI is InChI=1S/C18H18N4O2/c1-12-15(22-18(24-12)13-5-3-2-4-6-13)9-10-20-16-8-7-14(11-21-16)17(19)23/h2-8,11H,9-10H2,1H3,(H2,19,23)(H,20,21). The van der Waals surface area contributed by atoms with E-state index in [9.17, 15) is 4.79 Å². The molecular weight excluding hydrogens is 304 g/mol. The van der Waals surface area contributed by atoms with E-state index in [0.29, 0.717) is 30.2 Å². The van der Waals surface area contributed by atoms with Crippen molar-refractivity contribution in [2.45, 2.75) is 13.3 Å². The molecule has 3 N–H and O–H groups in total. The van der Waals surface area contributed by atoms with Crippen LogP contribution in [0.1, 0.15) is 21.8 Å². The first-order valence-corrected chi connectivity index (χ1v) is 7.65. The van der Waals surface area contributed by atoms with Gasteiger partial charge < -0.3 is 15.5 Å². The Kier molecular flexibility index (Phi) is 4.56. The molecule has 1 aromatic carbocycles. The van der Waals surface area contributed by atoms with Crippen LogP contribution >= 0.6 is 0 Å². The Hall–Kier alpha value is -3.15. The van der Waals surface area contributed by atoms with E-state index in [1.165, 1.54) is 6.20 Å². The molecule has 0 radical (unpaired) electrons. The van der Waals surface area contributed by atoms with Gasteiger partial charge in [-0.3, -0.25) is 4.79 Å². The second kappa shape index (κ2) is 6.95. The molecule has 0 spiro atoms. The third kappa shape index (κ3) is 3.60. The molecule has 1 amide bonds. The summed E-state index contributed by atoms with van der Waals surface area (Å²) in [6.45, 7) is 2.57. The molecule has 0 saturated carbocycles. The summed E-state index contributed by atoms with van der Waals surface area (Å²) in [5.74, 6) is 1.64. The summed E-state index contributed by atoms with van der Waals surface area (Å²) in [6.07, 6.45) is 2.17. The number of nitrogens with one attached hydrogen (secondary N) is 1. The summed E-state index contributed by atoms with van der Waals surface area (Å²) in [5.41, 5.74) is 7.45. The van der Waals surface area contributed by atoms with Gasteiger partial charge in [0.15, 0.2) is 0 Å². The summed E-state index contributed by atoms with van der Waals surface area (Å²) in [6, 6.07) is 13.2. The molecule has 0 fully saturated rings. The molecule has 0 aliphatic carbocycles. The number of pyridine rings is 1. The summed E-state index contributed by atoms with van der Waals surface area (Å²) in [4.78, 5) is 19.7. The van der Waals surface area contributed by atoms with Crippen molar-refractivity contribution in [3.63, 3.8) is 0 Å². The fourth-order valence-corrected chi connectivity index (χ4v) is 2.32. The highest BCUT2D eigenvalue weighted by atomic mass is 16.4. The molecular formula is C18H18N4O2. The van der Waals surface area contributed by atoms with Gasteiger partial charge in [-0.05, 0) is 31.2 Å². The van der Waals surface area contributed by atoms with Crippen LogP contribution in [0, 0.1) is 6.92 Å².